The monoisotopic (exact) mass is 388 g/mol. The van der Waals surface area contributed by atoms with Gasteiger partial charge in [0.2, 0.25) is 0 Å². The largest absolute Gasteiger partial charge is 0.468 e. The van der Waals surface area contributed by atoms with Gasteiger partial charge in [0.1, 0.15) is 0 Å². The minimum Gasteiger partial charge on any atom is -0.468 e. The van der Waals surface area contributed by atoms with E-state index in [-0.39, 0.29) is 5.56 Å². The summed E-state index contributed by atoms with van der Waals surface area (Å²) < 4.78 is 65.7. The maximum absolute atomic E-state index is 12.2. The number of benzene rings is 1. The lowest BCUT2D eigenvalue weighted by Crippen LogP contribution is -2.27. The van der Waals surface area contributed by atoms with Gasteiger partial charge in [-0.25, -0.2) is 8.42 Å². The molecule has 0 aliphatic heterocycles. The second-order valence-electron chi connectivity index (χ2n) is 4.19. The summed E-state index contributed by atoms with van der Waals surface area (Å²) >= 11 is 3.14. The first-order valence-electron chi connectivity index (χ1n) is 5.68. The summed E-state index contributed by atoms with van der Waals surface area (Å²) in [5.74, 6) is -2.29. The number of ether oxygens (including phenoxy) is 1. The summed E-state index contributed by atoms with van der Waals surface area (Å²) in [4.78, 5) is 11.7. The van der Waals surface area contributed by atoms with Gasteiger partial charge in [0.05, 0.1) is 19.3 Å². The van der Waals surface area contributed by atoms with Crippen LogP contribution in [0.1, 0.15) is 17.2 Å². The van der Waals surface area contributed by atoms with Crippen molar-refractivity contribution in [1.29, 1.82) is 0 Å². The van der Waals surface area contributed by atoms with Crippen LogP contribution in [0.4, 0.5) is 13.2 Å². The zero-order chi connectivity index (χ0) is 16.3. The maximum Gasteiger partial charge on any atom is 0.390 e. The molecule has 0 saturated heterocycles. The number of hydrogen-bond acceptors (Lipinski definition) is 4. The Bertz CT molecular complexity index is 596. The fourth-order valence-corrected chi connectivity index (χ4v) is 3.59. The van der Waals surface area contributed by atoms with Gasteiger partial charge in [-0.05, 0) is 17.7 Å². The Morgan fingerprint density at radius 2 is 1.81 bits per heavy atom. The first-order chi connectivity index (χ1) is 9.57. The quantitative estimate of drug-likeness (QED) is 0.727. The lowest BCUT2D eigenvalue weighted by atomic mass is 10.1. The van der Waals surface area contributed by atoms with Crippen molar-refractivity contribution in [2.24, 2.45) is 0 Å². The number of hydrogen-bond donors (Lipinski definition) is 0. The van der Waals surface area contributed by atoms with Crippen LogP contribution in [0.3, 0.4) is 0 Å². The first kappa shape index (κ1) is 18.0. The van der Waals surface area contributed by atoms with E-state index in [2.05, 4.69) is 20.7 Å². The van der Waals surface area contributed by atoms with Gasteiger partial charge in [0.25, 0.3) is 0 Å². The van der Waals surface area contributed by atoms with Gasteiger partial charge >= 0.3 is 12.1 Å². The molecular weight excluding hydrogens is 377 g/mol. The number of esters is 1. The Morgan fingerprint density at radius 3 is 2.24 bits per heavy atom. The van der Waals surface area contributed by atoms with Gasteiger partial charge in [-0.3, -0.25) is 4.79 Å². The van der Waals surface area contributed by atoms with Gasteiger partial charge in [-0.2, -0.15) is 13.2 Å². The van der Waals surface area contributed by atoms with Crippen molar-refractivity contribution in [3.8, 4) is 0 Å². The third-order valence-corrected chi connectivity index (χ3v) is 5.10. The number of carbonyl (C=O) groups is 1. The van der Waals surface area contributed by atoms with E-state index in [1.54, 1.807) is 0 Å². The van der Waals surface area contributed by atoms with Crippen LogP contribution in [-0.4, -0.2) is 33.4 Å². The van der Waals surface area contributed by atoms with Gasteiger partial charge < -0.3 is 4.74 Å². The predicted molar refractivity (Wildman–Crippen MR) is 73.4 cm³/mol. The lowest BCUT2D eigenvalue weighted by molar-refractivity contribution is -0.140. The van der Waals surface area contributed by atoms with E-state index >= 15 is 0 Å². The number of carbonyl (C=O) groups excluding carboxylic acids is 1. The van der Waals surface area contributed by atoms with Gasteiger partial charge in [0.15, 0.2) is 15.1 Å². The number of alkyl halides is 3. The second-order valence-corrected chi connectivity index (χ2v) is 7.31. The number of sulfone groups is 1. The Kier molecular flexibility index (Phi) is 5.80. The van der Waals surface area contributed by atoms with Crippen molar-refractivity contribution in [2.45, 2.75) is 17.8 Å². The van der Waals surface area contributed by atoms with Crippen LogP contribution in [0.15, 0.2) is 28.7 Å². The fraction of sp³-hybridized carbons (Fsp3) is 0.417. The van der Waals surface area contributed by atoms with E-state index in [0.717, 1.165) is 7.11 Å². The lowest BCUT2D eigenvalue weighted by Gasteiger charge is -2.16. The average Bonchev–Trinajstić information content (AvgIpc) is 2.38. The van der Waals surface area contributed by atoms with Crippen molar-refractivity contribution >= 4 is 31.7 Å². The molecule has 0 saturated carbocycles. The molecular formula is C12H12BrF3O4S. The van der Waals surface area contributed by atoms with Crippen LogP contribution in [-0.2, 0) is 19.4 Å². The fourth-order valence-electron chi connectivity index (χ4n) is 1.61. The maximum atomic E-state index is 12.2. The van der Waals surface area contributed by atoms with Crippen LogP contribution >= 0.6 is 15.9 Å². The molecule has 1 atom stereocenters. The predicted octanol–water partition coefficient (Wildman–Crippen LogP) is 3.03. The molecule has 118 valence electrons. The number of rotatable bonds is 5. The summed E-state index contributed by atoms with van der Waals surface area (Å²) in [6.07, 6.45) is -6.13. The summed E-state index contributed by atoms with van der Waals surface area (Å²) in [6.45, 7) is 0. The molecule has 0 aliphatic carbocycles. The normalized spacial score (nSPS) is 13.8. The van der Waals surface area contributed by atoms with Crippen LogP contribution < -0.4 is 0 Å². The molecule has 0 bridgehead atoms. The van der Waals surface area contributed by atoms with E-state index in [9.17, 15) is 26.4 Å². The highest BCUT2D eigenvalue weighted by Gasteiger charge is 2.38. The minimum atomic E-state index is -4.62. The summed E-state index contributed by atoms with van der Waals surface area (Å²) in [7, 11) is -3.36. The zero-order valence-electron chi connectivity index (χ0n) is 10.9. The van der Waals surface area contributed by atoms with Gasteiger partial charge in [0, 0.05) is 4.47 Å². The standard InChI is InChI=1S/C12H12BrF3O4S/c1-20-11(17)10(8-2-4-9(13)5-3-8)21(18,19)7-6-12(14,15)16/h2-5,10H,6-7H2,1H3. The first-order valence-corrected chi connectivity index (χ1v) is 8.19. The Balaban J connectivity index is 3.13. The van der Waals surface area contributed by atoms with Crippen molar-refractivity contribution in [3.63, 3.8) is 0 Å². The molecule has 1 unspecified atom stereocenters. The van der Waals surface area contributed by atoms with E-state index in [0.29, 0.717) is 4.47 Å². The minimum absolute atomic E-state index is 0.0622. The highest BCUT2D eigenvalue weighted by Crippen LogP contribution is 2.29. The Morgan fingerprint density at radius 1 is 1.29 bits per heavy atom. The zero-order valence-corrected chi connectivity index (χ0v) is 13.3. The van der Waals surface area contributed by atoms with Crippen molar-refractivity contribution in [2.75, 3.05) is 12.9 Å². The molecule has 9 heteroatoms. The molecule has 0 heterocycles. The highest BCUT2D eigenvalue weighted by molar-refractivity contribution is 9.10. The summed E-state index contributed by atoms with van der Waals surface area (Å²) in [5, 5.41) is -1.77. The van der Waals surface area contributed by atoms with Crippen molar-refractivity contribution in [3.05, 3.63) is 34.3 Å². The van der Waals surface area contributed by atoms with Crippen LogP contribution in [0.25, 0.3) is 0 Å². The molecule has 0 N–H and O–H groups in total. The molecule has 21 heavy (non-hydrogen) atoms. The number of halogens is 4. The van der Waals surface area contributed by atoms with E-state index in [1.165, 1.54) is 24.3 Å². The van der Waals surface area contributed by atoms with Crippen LogP contribution in [0.5, 0.6) is 0 Å². The molecule has 0 radical (unpaired) electrons. The highest BCUT2D eigenvalue weighted by atomic mass is 79.9. The molecule has 1 aromatic rings. The molecule has 0 aliphatic rings. The molecule has 0 spiro atoms. The average molecular weight is 389 g/mol. The molecule has 4 nitrogen and oxygen atoms in total. The van der Waals surface area contributed by atoms with Crippen LogP contribution in [0, 0.1) is 0 Å². The molecule has 0 aromatic heterocycles. The third-order valence-electron chi connectivity index (χ3n) is 2.62. The van der Waals surface area contributed by atoms with E-state index < -0.39 is 39.4 Å². The Hall–Kier alpha value is -1.09. The van der Waals surface area contributed by atoms with Gasteiger partial charge in [-0.15, -0.1) is 0 Å². The van der Waals surface area contributed by atoms with Crippen molar-refractivity contribution < 1.29 is 31.1 Å². The van der Waals surface area contributed by atoms with Crippen LogP contribution in [0.2, 0.25) is 0 Å². The van der Waals surface area contributed by atoms with Gasteiger partial charge in [-0.1, -0.05) is 28.1 Å². The molecule has 0 amide bonds. The molecule has 1 rings (SSSR count). The van der Waals surface area contributed by atoms with E-state index in [4.69, 9.17) is 0 Å². The number of methoxy groups -OCH3 is 1. The molecule has 0 fully saturated rings. The smallest absolute Gasteiger partial charge is 0.390 e. The Labute approximate surface area is 128 Å². The summed E-state index contributed by atoms with van der Waals surface area (Å²) in [6, 6.07) is 5.67. The topological polar surface area (TPSA) is 60.4 Å². The molecule has 1 aromatic carbocycles. The second kappa shape index (κ2) is 6.78. The van der Waals surface area contributed by atoms with Crippen molar-refractivity contribution in [1.82, 2.24) is 0 Å². The van der Waals surface area contributed by atoms with E-state index in [1.807, 2.05) is 0 Å². The SMILES string of the molecule is COC(=O)C(c1ccc(Br)cc1)S(=O)(=O)CCC(F)(F)F. The summed E-state index contributed by atoms with van der Waals surface area (Å²) in [5.41, 5.74) is 0.0622. The third kappa shape index (κ3) is 5.31.